The second-order valence-corrected chi connectivity index (χ2v) is 10.9. The number of carbonyl (C=O) groups is 1. The van der Waals surface area contributed by atoms with Gasteiger partial charge in [-0.2, -0.15) is 0 Å². The zero-order valence-corrected chi connectivity index (χ0v) is 21.8. The van der Waals surface area contributed by atoms with Crippen molar-refractivity contribution in [3.05, 3.63) is 59.7 Å². The third-order valence-corrected chi connectivity index (χ3v) is 8.33. The highest BCUT2D eigenvalue weighted by Gasteiger charge is 2.17. The Balaban J connectivity index is 1.21. The Morgan fingerprint density at radius 3 is 2.86 bits per heavy atom. The zero-order chi connectivity index (χ0) is 24.6. The van der Waals surface area contributed by atoms with E-state index in [-0.39, 0.29) is 11.7 Å². The van der Waals surface area contributed by atoms with E-state index in [1.54, 1.807) is 17.7 Å². The molecule has 36 heavy (non-hydrogen) atoms. The van der Waals surface area contributed by atoms with Crippen molar-refractivity contribution in [3.8, 4) is 16.9 Å². The molecule has 0 saturated carbocycles. The van der Waals surface area contributed by atoms with Gasteiger partial charge in [0.1, 0.15) is 16.9 Å². The van der Waals surface area contributed by atoms with Crippen molar-refractivity contribution in [2.45, 2.75) is 19.0 Å². The summed E-state index contributed by atoms with van der Waals surface area (Å²) < 4.78 is 8.35. The van der Waals surface area contributed by atoms with Crippen molar-refractivity contribution in [1.82, 2.24) is 24.6 Å². The van der Waals surface area contributed by atoms with Gasteiger partial charge < -0.3 is 10.1 Å². The lowest BCUT2D eigenvalue weighted by Gasteiger charge is -2.03. The van der Waals surface area contributed by atoms with Gasteiger partial charge in [-0.25, -0.2) is 9.97 Å². The number of aryl methyl sites for hydroxylation is 1. The fourth-order valence-electron chi connectivity index (χ4n) is 3.86. The minimum absolute atomic E-state index is 0.161. The normalized spacial score (nSPS) is 11.5. The van der Waals surface area contributed by atoms with Crippen LogP contribution in [0.4, 0.5) is 5.13 Å². The number of amides is 1. The molecule has 4 aromatic heterocycles. The van der Waals surface area contributed by atoms with Gasteiger partial charge in [0, 0.05) is 10.9 Å². The average molecular weight is 533 g/mol. The Bertz CT molecular complexity index is 1720. The zero-order valence-electron chi connectivity index (χ0n) is 19.4. The number of ether oxygens (including phenoxy) is 1. The highest BCUT2D eigenvalue weighted by molar-refractivity contribution is 7.99. The molecule has 1 N–H and O–H groups in total. The molecule has 8 nitrogen and oxygen atoms in total. The van der Waals surface area contributed by atoms with Gasteiger partial charge in [-0.3, -0.25) is 9.20 Å². The number of nitrogens with one attached hydrogen (secondary N) is 1. The van der Waals surface area contributed by atoms with Crippen molar-refractivity contribution >= 4 is 71.6 Å². The molecule has 0 atom stereocenters. The summed E-state index contributed by atoms with van der Waals surface area (Å²) in [5.41, 5.74) is 4.96. The van der Waals surface area contributed by atoms with E-state index in [0.29, 0.717) is 16.9 Å². The van der Waals surface area contributed by atoms with Crippen molar-refractivity contribution in [2.24, 2.45) is 0 Å². The highest BCUT2D eigenvalue weighted by atomic mass is 32.2. The Morgan fingerprint density at radius 2 is 2.03 bits per heavy atom. The Kier molecular flexibility index (Phi) is 6.04. The number of fused-ring (bicyclic) bond motifs is 4. The quantitative estimate of drug-likeness (QED) is 0.250. The second kappa shape index (κ2) is 9.49. The SMILES string of the molecule is CCOc1ccc2nc(NC(=O)CSc3nnc4c5c(-c6ccc(C)cc6)csc5ncn34)sc2c1. The third-order valence-electron chi connectivity index (χ3n) is 5.56. The summed E-state index contributed by atoms with van der Waals surface area (Å²) in [5, 5.41) is 15.9. The van der Waals surface area contributed by atoms with Crippen LogP contribution in [0, 0.1) is 6.92 Å². The molecule has 1 amide bonds. The second-order valence-electron chi connectivity index (χ2n) is 8.03. The van der Waals surface area contributed by atoms with Crippen LogP contribution in [0.1, 0.15) is 12.5 Å². The van der Waals surface area contributed by atoms with E-state index >= 15 is 0 Å². The minimum Gasteiger partial charge on any atom is -0.494 e. The Hall–Kier alpha value is -3.54. The van der Waals surface area contributed by atoms with Gasteiger partial charge in [0.05, 0.1) is 28.0 Å². The van der Waals surface area contributed by atoms with E-state index in [4.69, 9.17) is 4.74 Å². The van der Waals surface area contributed by atoms with Gasteiger partial charge in [-0.1, -0.05) is 52.9 Å². The van der Waals surface area contributed by atoms with Crippen LogP contribution >= 0.6 is 34.4 Å². The molecule has 6 rings (SSSR count). The molecule has 0 fully saturated rings. The summed E-state index contributed by atoms with van der Waals surface area (Å²) in [7, 11) is 0. The van der Waals surface area contributed by atoms with Crippen molar-refractivity contribution in [1.29, 1.82) is 0 Å². The molecule has 0 aliphatic rings. The van der Waals surface area contributed by atoms with Crippen molar-refractivity contribution in [2.75, 3.05) is 17.7 Å². The molecule has 11 heteroatoms. The van der Waals surface area contributed by atoms with Gasteiger partial charge in [0.25, 0.3) is 0 Å². The van der Waals surface area contributed by atoms with E-state index in [1.807, 2.05) is 29.5 Å². The van der Waals surface area contributed by atoms with E-state index in [9.17, 15) is 4.79 Å². The number of benzene rings is 2. The summed E-state index contributed by atoms with van der Waals surface area (Å²) in [6, 6.07) is 14.1. The van der Waals surface area contributed by atoms with Crippen LogP contribution in [-0.2, 0) is 4.79 Å². The first-order chi connectivity index (χ1) is 17.6. The van der Waals surface area contributed by atoms with E-state index < -0.39 is 0 Å². The molecule has 0 bridgehead atoms. The number of hydrogen-bond acceptors (Lipinski definition) is 9. The first-order valence-electron chi connectivity index (χ1n) is 11.2. The summed E-state index contributed by atoms with van der Waals surface area (Å²) in [6.45, 7) is 4.62. The fraction of sp³-hybridized carbons (Fsp3) is 0.160. The summed E-state index contributed by atoms with van der Waals surface area (Å²) in [4.78, 5) is 22.7. The van der Waals surface area contributed by atoms with Gasteiger partial charge in [0.15, 0.2) is 15.9 Å². The maximum absolute atomic E-state index is 12.7. The minimum atomic E-state index is -0.161. The largest absolute Gasteiger partial charge is 0.494 e. The number of hydrogen-bond donors (Lipinski definition) is 1. The first-order valence-corrected chi connectivity index (χ1v) is 13.9. The molecular weight excluding hydrogens is 513 g/mol. The molecule has 4 heterocycles. The van der Waals surface area contributed by atoms with Gasteiger partial charge in [0.2, 0.25) is 5.91 Å². The number of thiophene rings is 1. The molecule has 6 aromatic rings. The number of aromatic nitrogens is 5. The van der Waals surface area contributed by atoms with Gasteiger partial charge >= 0.3 is 0 Å². The molecule has 0 saturated heterocycles. The monoisotopic (exact) mass is 532 g/mol. The van der Waals surface area contributed by atoms with E-state index in [0.717, 1.165) is 43.0 Å². The topological polar surface area (TPSA) is 94.3 Å². The molecule has 180 valence electrons. The maximum Gasteiger partial charge on any atom is 0.236 e. The van der Waals surface area contributed by atoms with E-state index in [1.165, 1.54) is 28.7 Å². The van der Waals surface area contributed by atoms with Gasteiger partial charge in [-0.05, 0) is 37.6 Å². The van der Waals surface area contributed by atoms with Crippen LogP contribution in [0.5, 0.6) is 5.75 Å². The van der Waals surface area contributed by atoms with Crippen LogP contribution in [0.2, 0.25) is 0 Å². The van der Waals surface area contributed by atoms with Gasteiger partial charge in [-0.15, -0.1) is 21.5 Å². The third kappa shape index (κ3) is 4.29. The molecule has 0 aliphatic carbocycles. The number of nitrogens with zero attached hydrogens (tertiary/aromatic N) is 5. The summed E-state index contributed by atoms with van der Waals surface area (Å²) in [6.07, 6.45) is 1.72. The predicted octanol–water partition coefficient (Wildman–Crippen LogP) is 6.05. The molecule has 0 spiro atoms. The van der Waals surface area contributed by atoms with Crippen LogP contribution in [0.3, 0.4) is 0 Å². The lowest BCUT2D eigenvalue weighted by molar-refractivity contribution is -0.113. The number of rotatable bonds is 7. The summed E-state index contributed by atoms with van der Waals surface area (Å²) >= 11 is 4.32. The van der Waals surface area contributed by atoms with Crippen molar-refractivity contribution < 1.29 is 9.53 Å². The van der Waals surface area contributed by atoms with Crippen LogP contribution < -0.4 is 10.1 Å². The molecule has 0 aliphatic heterocycles. The van der Waals surface area contributed by atoms with Crippen molar-refractivity contribution in [3.63, 3.8) is 0 Å². The number of thioether (sulfide) groups is 1. The lowest BCUT2D eigenvalue weighted by atomic mass is 10.0. The number of carbonyl (C=O) groups excluding carboxylic acids is 1. The van der Waals surface area contributed by atoms with Crippen LogP contribution in [-0.4, -0.2) is 42.8 Å². The number of anilines is 1. The molecular formula is C25H20N6O2S3. The fourth-order valence-corrected chi connectivity index (χ4v) is 6.39. The van der Waals surface area contributed by atoms with Crippen LogP contribution in [0.15, 0.2) is 59.3 Å². The Labute approximate surface area is 218 Å². The molecule has 0 radical (unpaired) electrons. The molecule has 2 aromatic carbocycles. The molecule has 0 unspecified atom stereocenters. The maximum atomic E-state index is 12.7. The average Bonchev–Trinajstić information content (AvgIpc) is 3.59. The number of thiazole rings is 1. The van der Waals surface area contributed by atoms with E-state index in [2.05, 4.69) is 62.1 Å². The lowest BCUT2D eigenvalue weighted by Crippen LogP contribution is -2.14. The highest BCUT2D eigenvalue weighted by Crippen LogP contribution is 2.36. The standard InChI is InChI=1S/C25H20N6O2S3/c1-3-33-16-8-9-18-19(10-16)36-24(27-18)28-20(32)12-35-25-30-29-22-21-17(15-6-4-14(2)5-7-15)11-34-23(21)26-13-31(22)25/h4-11,13H,3,12H2,1-2H3,(H,27,28,32). The predicted molar refractivity (Wildman–Crippen MR) is 146 cm³/mol. The summed E-state index contributed by atoms with van der Waals surface area (Å²) in [5.74, 6) is 0.804. The van der Waals surface area contributed by atoms with Crippen LogP contribution in [0.25, 0.3) is 37.2 Å². The first kappa shape index (κ1) is 22.9. The smallest absolute Gasteiger partial charge is 0.236 e. The Morgan fingerprint density at radius 1 is 1.17 bits per heavy atom.